The number of anilines is 1. The lowest BCUT2D eigenvalue weighted by Gasteiger charge is -2.21. The molecule has 4 nitrogen and oxygen atoms in total. The van der Waals surface area contributed by atoms with Crippen molar-refractivity contribution >= 4 is 17.5 Å². The van der Waals surface area contributed by atoms with Gasteiger partial charge in [0.2, 0.25) is 11.8 Å². The van der Waals surface area contributed by atoms with E-state index in [1.165, 1.54) is 37.7 Å². The molecule has 0 unspecified atom stereocenters. The molecule has 132 valence electrons. The monoisotopic (exact) mass is 330 g/mol. The first-order valence-corrected chi connectivity index (χ1v) is 9.10. The highest BCUT2D eigenvalue weighted by atomic mass is 16.2. The first kappa shape index (κ1) is 18.5. The van der Waals surface area contributed by atoms with Crippen molar-refractivity contribution in [2.24, 2.45) is 5.92 Å². The van der Waals surface area contributed by atoms with E-state index in [4.69, 9.17) is 0 Å². The molecule has 24 heavy (non-hydrogen) atoms. The lowest BCUT2D eigenvalue weighted by molar-refractivity contribution is -0.124. The van der Waals surface area contributed by atoms with Gasteiger partial charge >= 0.3 is 0 Å². The zero-order chi connectivity index (χ0) is 17.5. The Kier molecular flexibility index (Phi) is 6.83. The molecule has 0 aliphatic heterocycles. The van der Waals surface area contributed by atoms with Crippen LogP contribution in [-0.4, -0.2) is 18.4 Å². The lowest BCUT2D eigenvalue weighted by Crippen LogP contribution is -2.33. The second-order valence-corrected chi connectivity index (χ2v) is 7.14. The topological polar surface area (TPSA) is 58.2 Å². The molecule has 1 aliphatic carbocycles. The predicted octanol–water partition coefficient (Wildman–Crippen LogP) is 4.03. The van der Waals surface area contributed by atoms with E-state index < -0.39 is 0 Å². The molecule has 1 aliphatic rings. The summed E-state index contributed by atoms with van der Waals surface area (Å²) < 4.78 is 0. The van der Waals surface area contributed by atoms with Gasteiger partial charge in [-0.25, -0.2) is 0 Å². The summed E-state index contributed by atoms with van der Waals surface area (Å²) in [6, 6.07) is 4.09. The Morgan fingerprint density at radius 2 is 1.62 bits per heavy atom. The van der Waals surface area contributed by atoms with Crippen LogP contribution in [0.15, 0.2) is 12.1 Å². The number of carbonyl (C=O) groups excluding carboxylic acids is 2. The number of benzene rings is 1. The van der Waals surface area contributed by atoms with E-state index in [2.05, 4.69) is 10.6 Å². The zero-order valence-corrected chi connectivity index (χ0v) is 15.2. The maximum absolute atomic E-state index is 12.1. The standard InChI is InChI=1S/C20H30N2O2/c1-14-11-15(2)20(16(3)12-14)22-19(24)13-21-18(23)10-9-17-7-5-4-6-8-17/h11-12,17H,4-10,13H2,1-3H3,(H,21,23)(H,22,24). The van der Waals surface area contributed by atoms with Gasteiger partial charge in [-0.15, -0.1) is 0 Å². The zero-order valence-electron chi connectivity index (χ0n) is 15.2. The van der Waals surface area contributed by atoms with Gasteiger partial charge in [0.05, 0.1) is 6.54 Å². The smallest absolute Gasteiger partial charge is 0.243 e. The van der Waals surface area contributed by atoms with Gasteiger partial charge < -0.3 is 10.6 Å². The van der Waals surface area contributed by atoms with Crippen LogP contribution in [-0.2, 0) is 9.59 Å². The fraction of sp³-hybridized carbons (Fsp3) is 0.600. The minimum Gasteiger partial charge on any atom is -0.347 e. The number of nitrogens with one attached hydrogen (secondary N) is 2. The van der Waals surface area contributed by atoms with Gasteiger partial charge in [0.1, 0.15) is 0 Å². The maximum atomic E-state index is 12.1. The second-order valence-electron chi connectivity index (χ2n) is 7.14. The second kappa shape index (κ2) is 8.86. The van der Waals surface area contributed by atoms with Crippen LogP contribution < -0.4 is 10.6 Å². The Morgan fingerprint density at radius 3 is 2.25 bits per heavy atom. The normalized spacial score (nSPS) is 15.1. The van der Waals surface area contributed by atoms with Crippen molar-refractivity contribution in [3.05, 3.63) is 28.8 Å². The van der Waals surface area contributed by atoms with Crippen LogP contribution in [0.3, 0.4) is 0 Å². The SMILES string of the molecule is Cc1cc(C)c(NC(=O)CNC(=O)CCC2CCCCC2)c(C)c1. The van der Waals surface area contributed by atoms with Crippen LogP contribution in [0.25, 0.3) is 0 Å². The largest absolute Gasteiger partial charge is 0.347 e. The quantitative estimate of drug-likeness (QED) is 0.827. The van der Waals surface area contributed by atoms with E-state index >= 15 is 0 Å². The summed E-state index contributed by atoms with van der Waals surface area (Å²) in [5.74, 6) is 0.500. The van der Waals surface area contributed by atoms with E-state index in [1.807, 2.05) is 32.9 Å². The van der Waals surface area contributed by atoms with Gasteiger partial charge in [-0.1, -0.05) is 49.8 Å². The molecule has 0 saturated heterocycles. The van der Waals surface area contributed by atoms with Gasteiger partial charge in [-0.2, -0.15) is 0 Å². The highest BCUT2D eigenvalue weighted by Crippen LogP contribution is 2.27. The summed E-state index contributed by atoms with van der Waals surface area (Å²) in [7, 11) is 0. The Labute approximate surface area is 145 Å². The van der Waals surface area contributed by atoms with Gasteiger partial charge in [-0.05, 0) is 44.2 Å². The number of amides is 2. The Balaban J connectivity index is 1.73. The Morgan fingerprint density at radius 1 is 1.00 bits per heavy atom. The Bertz CT molecular complexity index is 566. The summed E-state index contributed by atoms with van der Waals surface area (Å²) in [6.07, 6.45) is 7.90. The van der Waals surface area contributed by atoms with Crippen molar-refractivity contribution in [2.75, 3.05) is 11.9 Å². The molecule has 2 amide bonds. The van der Waals surface area contributed by atoms with E-state index in [9.17, 15) is 9.59 Å². The first-order chi connectivity index (χ1) is 11.5. The molecular formula is C20H30N2O2. The molecule has 0 atom stereocenters. The molecule has 1 fully saturated rings. The van der Waals surface area contributed by atoms with Crippen LogP contribution in [0.4, 0.5) is 5.69 Å². The number of carbonyl (C=O) groups is 2. The highest BCUT2D eigenvalue weighted by molar-refractivity contribution is 5.95. The average molecular weight is 330 g/mol. The molecule has 2 N–H and O–H groups in total. The minimum absolute atomic E-state index is 0.0203. The fourth-order valence-electron chi connectivity index (χ4n) is 3.64. The molecule has 1 aromatic rings. The van der Waals surface area contributed by atoms with E-state index in [0.717, 1.165) is 23.2 Å². The lowest BCUT2D eigenvalue weighted by atomic mass is 9.86. The molecule has 0 radical (unpaired) electrons. The number of hydrogen-bond donors (Lipinski definition) is 2. The highest BCUT2D eigenvalue weighted by Gasteiger charge is 2.15. The van der Waals surface area contributed by atoms with E-state index in [1.54, 1.807) is 0 Å². The molecule has 4 heteroatoms. The summed E-state index contributed by atoms with van der Waals surface area (Å²) in [5.41, 5.74) is 4.12. The Hall–Kier alpha value is -1.84. The van der Waals surface area contributed by atoms with Gasteiger partial charge in [0.25, 0.3) is 0 Å². The van der Waals surface area contributed by atoms with Crippen LogP contribution in [0, 0.1) is 26.7 Å². The third-order valence-corrected chi connectivity index (χ3v) is 4.89. The molecule has 1 aromatic carbocycles. The third-order valence-electron chi connectivity index (χ3n) is 4.89. The van der Waals surface area contributed by atoms with Gasteiger partial charge in [0.15, 0.2) is 0 Å². The molecule has 0 aromatic heterocycles. The van der Waals surface area contributed by atoms with Crippen molar-refractivity contribution in [3.63, 3.8) is 0 Å². The minimum atomic E-state index is -0.170. The predicted molar refractivity (Wildman–Crippen MR) is 98.1 cm³/mol. The third kappa shape index (κ3) is 5.66. The van der Waals surface area contributed by atoms with E-state index in [0.29, 0.717) is 12.3 Å². The molecule has 2 rings (SSSR count). The van der Waals surface area contributed by atoms with Crippen LogP contribution in [0.5, 0.6) is 0 Å². The fourth-order valence-corrected chi connectivity index (χ4v) is 3.64. The summed E-state index contributed by atoms with van der Waals surface area (Å²) in [6.45, 7) is 6.05. The van der Waals surface area contributed by atoms with Crippen molar-refractivity contribution in [3.8, 4) is 0 Å². The molecule has 0 spiro atoms. The van der Waals surface area contributed by atoms with Crippen LogP contribution >= 0.6 is 0 Å². The maximum Gasteiger partial charge on any atom is 0.243 e. The average Bonchev–Trinajstić information content (AvgIpc) is 2.55. The van der Waals surface area contributed by atoms with E-state index in [-0.39, 0.29) is 18.4 Å². The summed E-state index contributed by atoms with van der Waals surface area (Å²) in [5, 5.41) is 5.65. The van der Waals surface area contributed by atoms with Gasteiger partial charge in [0, 0.05) is 12.1 Å². The number of hydrogen-bond acceptors (Lipinski definition) is 2. The van der Waals surface area contributed by atoms with Crippen LogP contribution in [0.1, 0.15) is 61.6 Å². The van der Waals surface area contributed by atoms with Gasteiger partial charge in [-0.3, -0.25) is 9.59 Å². The number of rotatable bonds is 6. The molecule has 0 bridgehead atoms. The molecule has 0 heterocycles. The number of aryl methyl sites for hydroxylation is 3. The van der Waals surface area contributed by atoms with Crippen molar-refractivity contribution in [1.82, 2.24) is 5.32 Å². The molecule has 1 saturated carbocycles. The van der Waals surface area contributed by atoms with Crippen molar-refractivity contribution in [1.29, 1.82) is 0 Å². The first-order valence-electron chi connectivity index (χ1n) is 9.10. The van der Waals surface area contributed by atoms with Crippen LogP contribution in [0.2, 0.25) is 0 Å². The summed E-state index contributed by atoms with van der Waals surface area (Å²) >= 11 is 0. The van der Waals surface area contributed by atoms with Crippen molar-refractivity contribution in [2.45, 2.75) is 65.7 Å². The molecular weight excluding hydrogens is 300 g/mol. The van der Waals surface area contributed by atoms with Crippen molar-refractivity contribution < 1.29 is 9.59 Å². The summed E-state index contributed by atoms with van der Waals surface area (Å²) in [4.78, 5) is 24.0.